The molecule has 4 rings (SSSR count). The SMILES string of the molecule is Cc1cc(N2CCN(C/C=C/c3ccccc3)CC2)nc(NC2CCCCC2)n1. The molecule has 0 spiro atoms. The summed E-state index contributed by atoms with van der Waals surface area (Å²) in [6.45, 7) is 7.22. The van der Waals surface area contributed by atoms with E-state index in [0.717, 1.165) is 50.2 Å². The predicted octanol–water partition coefficient (Wildman–Crippen LogP) is 4.37. The van der Waals surface area contributed by atoms with E-state index in [0.29, 0.717) is 6.04 Å². The monoisotopic (exact) mass is 391 g/mol. The summed E-state index contributed by atoms with van der Waals surface area (Å²) in [5.74, 6) is 1.87. The fraction of sp³-hybridized carbons (Fsp3) is 0.500. The van der Waals surface area contributed by atoms with Crippen LogP contribution in [0.4, 0.5) is 11.8 Å². The van der Waals surface area contributed by atoms with Gasteiger partial charge in [-0.3, -0.25) is 4.90 Å². The van der Waals surface area contributed by atoms with E-state index in [2.05, 4.69) is 75.6 Å². The minimum absolute atomic E-state index is 0.534. The summed E-state index contributed by atoms with van der Waals surface area (Å²) in [6, 6.07) is 13.2. The Hall–Kier alpha value is -2.40. The van der Waals surface area contributed by atoms with Gasteiger partial charge in [0.15, 0.2) is 0 Å². The van der Waals surface area contributed by atoms with Gasteiger partial charge < -0.3 is 10.2 Å². The van der Waals surface area contributed by atoms with Crippen LogP contribution in [0.2, 0.25) is 0 Å². The molecule has 2 fully saturated rings. The lowest BCUT2D eigenvalue weighted by atomic mass is 9.96. The first kappa shape index (κ1) is 19.9. The van der Waals surface area contributed by atoms with E-state index in [1.54, 1.807) is 0 Å². The Labute approximate surface area is 174 Å². The second-order valence-corrected chi connectivity index (χ2v) is 8.27. The Balaban J connectivity index is 1.30. The summed E-state index contributed by atoms with van der Waals surface area (Å²) >= 11 is 0. The van der Waals surface area contributed by atoms with E-state index >= 15 is 0 Å². The highest BCUT2D eigenvalue weighted by Gasteiger charge is 2.19. The zero-order valence-corrected chi connectivity index (χ0v) is 17.6. The molecule has 1 N–H and O–H groups in total. The molecule has 0 bridgehead atoms. The lowest BCUT2D eigenvalue weighted by Gasteiger charge is -2.35. The largest absolute Gasteiger partial charge is 0.354 e. The van der Waals surface area contributed by atoms with Crippen molar-refractivity contribution in [2.45, 2.75) is 45.1 Å². The fourth-order valence-electron chi connectivity index (χ4n) is 4.27. The van der Waals surface area contributed by atoms with Crippen molar-refractivity contribution in [3.63, 3.8) is 0 Å². The van der Waals surface area contributed by atoms with Gasteiger partial charge in [0.25, 0.3) is 0 Å². The van der Waals surface area contributed by atoms with Crippen LogP contribution in [0.3, 0.4) is 0 Å². The Kier molecular flexibility index (Phi) is 6.78. The number of aromatic nitrogens is 2. The third kappa shape index (κ3) is 5.80. The average Bonchev–Trinajstić information content (AvgIpc) is 2.75. The third-order valence-electron chi connectivity index (χ3n) is 5.95. The van der Waals surface area contributed by atoms with Crippen molar-refractivity contribution in [3.8, 4) is 0 Å². The lowest BCUT2D eigenvalue weighted by Crippen LogP contribution is -2.46. The van der Waals surface area contributed by atoms with E-state index in [1.165, 1.54) is 37.7 Å². The highest BCUT2D eigenvalue weighted by molar-refractivity contribution is 5.49. The van der Waals surface area contributed by atoms with Gasteiger partial charge in [0.1, 0.15) is 5.82 Å². The van der Waals surface area contributed by atoms with E-state index in [9.17, 15) is 0 Å². The highest BCUT2D eigenvalue weighted by atomic mass is 15.3. The fourth-order valence-corrected chi connectivity index (χ4v) is 4.27. The molecular formula is C24H33N5. The third-order valence-corrected chi connectivity index (χ3v) is 5.95. The van der Waals surface area contributed by atoms with Gasteiger partial charge in [0.2, 0.25) is 5.95 Å². The number of nitrogens with one attached hydrogen (secondary N) is 1. The minimum atomic E-state index is 0.534. The molecule has 0 atom stereocenters. The van der Waals surface area contributed by atoms with Crippen LogP contribution in [0, 0.1) is 6.92 Å². The molecule has 0 radical (unpaired) electrons. The quantitative estimate of drug-likeness (QED) is 0.792. The van der Waals surface area contributed by atoms with Crippen LogP contribution >= 0.6 is 0 Å². The number of nitrogens with zero attached hydrogens (tertiary/aromatic N) is 4. The first-order chi connectivity index (χ1) is 14.3. The molecule has 1 saturated carbocycles. The topological polar surface area (TPSA) is 44.3 Å². The molecule has 0 amide bonds. The molecule has 0 unspecified atom stereocenters. The van der Waals surface area contributed by atoms with Gasteiger partial charge in [-0.15, -0.1) is 0 Å². The molecular weight excluding hydrogens is 358 g/mol. The van der Waals surface area contributed by atoms with E-state index in [1.807, 2.05) is 0 Å². The number of rotatable bonds is 6. The first-order valence-electron chi connectivity index (χ1n) is 11.1. The first-order valence-corrected chi connectivity index (χ1v) is 11.1. The number of anilines is 2. The predicted molar refractivity (Wildman–Crippen MR) is 121 cm³/mol. The Bertz CT molecular complexity index is 790. The molecule has 154 valence electrons. The van der Waals surface area contributed by atoms with Crippen molar-refractivity contribution in [2.75, 3.05) is 42.9 Å². The molecule has 1 aromatic carbocycles. The Morgan fingerprint density at radius 1 is 1.00 bits per heavy atom. The summed E-state index contributed by atoms with van der Waals surface area (Å²) in [5, 5.41) is 3.58. The van der Waals surface area contributed by atoms with Crippen molar-refractivity contribution < 1.29 is 0 Å². The molecule has 2 aromatic rings. The molecule has 1 saturated heterocycles. The van der Waals surface area contributed by atoms with Crippen molar-refractivity contribution in [1.82, 2.24) is 14.9 Å². The van der Waals surface area contributed by atoms with Gasteiger partial charge in [-0.05, 0) is 25.3 Å². The van der Waals surface area contributed by atoms with Crippen LogP contribution < -0.4 is 10.2 Å². The summed E-state index contributed by atoms with van der Waals surface area (Å²) in [7, 11) is 0. The molecule has 2 aliphatic rings. The zero-order valence-electron chi connectivity index (χ0n) is 17.6. The number of hydrogen-bond acceptors (Lipinski definition) is 5. The second-order valence-electron chi connectivity index (χ2n) is 8.27. The van der Waals surface area contributed by atoms with Crippen LogP contribution in [-0.4, -0.2) is 53.6 Å². The maximum Gasteiger partial charge on any atom is 0.225 e. The Morgan fingerprint density at radius 2 is 1.76 bits per heavy atom. The lowest BCUT2D eigenvalue weighted by molar-refractivity contribution is 0.283. The average molecular weight is 392 g/mol. The standard InChI is InChI=1S/C24H33N5/c1-20-19-23(27-24(25-20)26-22-12-6-3-7-13-22)29-17-15-28(16-18-29)14-8-11-21-9-4-2-5-10-21/h2,4-5,8-11,19,22H,3,6-7,12-18H2,1H3,(H,25,26,27)/b11-8+. The van der Waals surface area contributed by atoms with E-state index < -0.39 is 0 Å². The molecule has 29 heavy (non-hydrogen) atoms. The normalized spacial score (nSPS) is 19.0. The molecule has 1 aliphatic carbocycles. The minimum Gasteiger partial charge on any atom is -0.354 e. The molecule has 1 aliphatic heterocycles. The molecule has 5 nitrogen and oxygen atoms in total. The van der Waals surface area contributed by atoms with Gasteiger partial charge in [-0.1, -0.05) is 61.7 Å². The number of hydrogen-bond donors (Lipinski definition) is 1. The second kappa shape index (κ2) is 9.88. The summed E-state index contributed by atoms with van der Waals surface area (Å²) in [6.07, 6.45) is 11.0. The van der Waals surface area contributed by atoms with Crippen LogP contribution in [0.5, 0.6) is 0 Å². The van der Waals surface area contributed by atoms with Gasteiger partial charge in [-0.2, -0.15) is 4.98 Å². The van der Waals surface area contributed by atoms with Crippen molar-refractivity contribution >= 4 is 17.8 Å². The maximum absolute atomic E-state index is 4.85. The molecule has 1 aromatic heterocycles. The number of benzene rings is 1. The van der Waals surface area contributed by atoms with Crippen molar-refractivity contribution in [2.24, 2.45) is 0 Å². The van der Waals surface area contributed by atoms with E-state index in [4.69, 9.17) is 4.98 Å². The summed E-state index contributed by atoms with van der Waals surface area (Å²) in [4.78, 5) is 14.4. The van der Waals surface area contributed by atoms with Crippen molar-refractivity contribution in [3.05, 3.63) is 53.7 Å². The molecule has 5 heteroatoms. The zero-order chi connectivity index (χ0) is 19.9. The smallest absolute Gasteiger partial charge is 0.225 e. The van der Waals surface area contributed by atoms with E-state index in [-0.39, 0.29) is 0 Å². The maximum atomic E-state index is 4.85. The van der Waals surface area contributed by atoms with Gasteiger partial charge in [0, 0.05) is 50.5 Å². The van der Waals surface area contributed by atoms with Gasteiger partial charge in [-0.25, -0.2) is 4.98 Å². The van der Waals surface area contributed by atoms with Gasteiger partial charge in [0.05, 0.1) is 0 Å². The summed E-state index contributed by atoms with van der Waals surface area (Å²) < 4.78 is 0. The van der Waals surface area contributed by atoms with Crippen LogP contribution in [0.1, 0.15) is 43.4 Å². The van der Waals surface area contributed by atoms with Crippen molar-refractivity contribution in [1.29, 1.82) is 0 Å². The molecule has 2 heterocycles. The van der Waals surface area contributed by atoms with Crippen LogP contribution in [-0.2, 0) is 0 Å². The number of aryl methyl sites for hydroxylation is 1. The summed E-state index contributed by atoms with van der Waals surface area (Å²) in [5.41, 5.74) is 2.31. The Morgan fingerprint density at radius 3 is 2.52 bits per heavy atom. The van der Waals surface area contributed by atoms with Crippen LogP contribution in [0.25, 0.3) is 6.08 Å². The van der Waals surface area contributed by atoms with Gasteiger partial charge >= 0.3 is 0 Å². The van der Waals surface area contributed by atoms with Crippen LogP contribution in [0.15, 0.2) is 42.5 Å². The highest BCUT2D eigenvalue weighted by Crippen LogP contribution is 2.22. The number of piperazine rings is 1.